The molecule has 0 aromatic heterocycles. The van der Waals surface area contributed by atoms with Crippen molar-refractivity contribution in [2.45, 2.75) is 6.61 Å². The van der Waals surface area contributed by atoms with Gasteiger partial charge in [0.1, 0.15) is 18.1 Å². The van der Waals surface area contributed by atoms with Gasteiger partial charge in [0, 0.05) is 4.47 Å². The summed E-state index contributed by atoms with van der Waals surface area (Å²) in [5.74, 6) is 0.306. The molecule has 0 atom stereocenters. The molecule has 3 rings (SSSR count). The van der Waals surface area contributed by atoms with Crippen molar-refractivity contribution < 1.29 is 14.3 Å². The fraction of sp³-hybridized carbons (Fsp3) is 0.0588. The molecule has 1 heterocycles. The average molecular weight is 373 g/mol. The molecule has 1 saturated heterocycles. The Morgan fingerprint density at radius 2 is 1.65 bits per heavy atom. The van der Waals surface area contributed by atoms with Crippen LogP contribution in [0.15, 0.2) is 58.7 Å². The molecule has 0 aliphatic carbocycles. The van der Waals surface area contributed by atoms with Crippen LogP contribution in [-0.4, -0.2) is 11.9 Å². The summed E-state index contributed by atoms with van der Waals surface area (Å²) in [5, 5.41) is 4.60. The van der Waals surface area contributed by atoms with E-state index in [9.17, 15) is 9.59 Å². The summed E-state index contributed by atoms with van der Waals surface area (Å²) < 4.78 is 6.74. The Morgan fingerprint density at radius 3 is 2.26 bits per heavy atom. The highest BCUT2D eigenvalue weighted by Crippen LogP contribution is 2.17. The zero-order valence-corrected chi connectivity index (χ0v) is 13.6. The number of hydrogen-bond donors (Lipinski definition) is 2. The van der Waals surface area contributed by atoms with E-state index in [0.29, 0.717) is 6.61 Å². The fourth-order valence-corrected chi connectivity index (χ4v) is 2.32. The van der Waals surface area contributed by atoms with E-state index in [1.165, 1.54) is 0 Å². The van der Waals surface area contributed by atoms with Crippen LogP contribution in [0.25, 0.3) is 6.08 Å². The van der Waals surface area contributed by atoms with Gasteiger partial charge in [0.2, 0.25) is 0 Å². The van der Waals surface area contributed by atoms with Crippen LogP contribution in [0.1, 0.15) is 11.1 Å². The maximum atomic E-state index is 11.4. The number of hydrogen-bond acceptors (Lipinski definition) is 3. The maximum absolute atomic E-state index is 11.4. The van der Waals surface area contributed by atoms with Crippen LogP contribution >= 0.6 is 15.9 Å². The summed E-state index contributed by atoms with van der Waals surface area (Å²) in [7, 11) is 0. The molecule has 0 bridgehead atoms. The molecule has 1 aliphatic heterocycles. The molecule has 3 amide bonds. The van der Waals surface area contributed by atoms with Crippen molar-refractivity contribution in [1.29, 1.82) is 0 Å². The van der Waals surface area contributed by atoms with Gasteiger partial charge in [-0.15, -0.1) is 0 Å². The molecule has 2 aromatic carbocycles. The molecular weight excluding hydrogens is 360 g/mol. The maximum Gasteiger partial charge on any atom is 0.326 e. The predicted octanol–water partition coefficient (Wildman–Crippen LogP) is 3.21. The van der Waals surface area contributed by atoms with Crippen molar-refractivity contribution in [2.75, 3.05) is 0 Å². The highest BCUT2D eigenvalue weighted by atomic mass is 79.9. The molecule has 2 N–H and O–H groups in total. The van der Waals surface area contributed by atoms with Gasteiger partial charge < -0.3 is 10.1 Å². The summed E-state index contributed by atoms with van der Waals surface area (Å²) in [4.78, 5) is 22.5. The number of nitrogens with one attached hydrogen (secondary N) is 2. The molecule has 0 saturated carbocycles. The second kappa shape index (κ2) is 6.66. The van der Waals surface area contributed by atoms with Crippen molar-refractivity contribution in [3.05, 3.63) is 69.8 Å². The van der Waals surface area contributed by atoms with Gasteiger partial charge in [-0.3, -0.25) is 10.1 Å². The standard InChI is InChI=1S/C17H13BrN2O3/c18-13-5-1-12(2-6-13)10-23-14-7-3-11(4-8-14)9-15-16(21)20-17(22)19-15/h1-9H,10H2,(H2,19,20,21,22)/b15-9-. The Kier molecular flexibility index (Phi) is 4.43. The van der Waals surface area contributed by atoms with E-state index in [1.807, 2.05) is 48.5 Å². The van der Waals surface area contributed by atoms with Crippen LogP contribution in [0.5, 0.6) is 5.75 Å². The lowest BCUT2D eigenvalue weighted by molar-refractivity contribution is -0.115. The average Bonchev–Trinajstić information content (AvgIpc) is 2.86. The van der Waals surface area contributed by atoms with Gasteiger partial charge >= 0.3 is 6.03 Å². The summed E-state index contributed by atoms with van der Waals surface area (Å²) in [6.45, 7) is 0.478. The van der Waals surface area contributed by atoms with Crippen LogP contribution in [0.2, 0.25) is 0 Å². The summed E-state index contributed by atoms with van der Waals surface area (Å²) in [6.07, 6.45) is 1.61. The van der Waals surface area contributed by atoms with Gasteiger partial charge in [-0.2, -0.15) is 0 Å². The van der Waals surface area contributed by atoms with E-state index in [4.69, 9.17) is 4.74 Å². The molecule has 1 fully saturated rings. The van der Waals surface area contributed by atoms with E-state index < -0.39 is 11.9 Å². The molecule has 0 unspecified atom stereocenters. The van der Waals surface area contributed by atoms with Gasteiger partial charge in [0.05, 0.1) is 0 Å². The number of ether oxygens (including phenoxy) is 1. The van der Waals surface area contributed by atoms with Gasteiger partial charge in [-0.25, -0.2) is 4.79 Å². The fourth-order valence-electron chi connectivity index (χ4n) is 2.06. The summed E-state index contributed by atoms with van der Waals surface area (Å²) in [5.41, 5.74) is 2.11. The number of carbonyl (C=O) groups excluding carboxylic acids is 2. The van der Waals surface area contributed by atoms with Crippen molar-refractivity contribution in [1.82, 2.24) is 10.6 Å². The number of carbonyl (C=O) groups is 2. The minimum Gasteiger partial charge on any atom is -0.489 e. The molecule has 5 nitrogen and oxygen atoms in total. The third-order valence-electron chi connectivity index (χ3n) is 3.23. The Labute approximate surface area is 141 Å². The third kappa shape index (κ3) is 3.98. The molecule has 0 radical (unpaired) electrons. The van der Waals surface area contributed by atoms with Crippen LogP contribution in [-0.2, 0) is 11.4 Å². The largest absolute Gasteiger partial charge is 0.489 e. The lowest BCUT2D eigenvalue weighted by atomic mass is 10.2. The zero-order valence-electron chi connectivity index (χ0n) is 12.0. The minimum absolute atomic E-state index is 0.235. The van der Waals surface area contributed by atoms with Gasteiger partial charge in [-0.05, 0) is 41.5 Å². The highest BCUT2D eigenvalue weighted by Gasteiger charge is 2.22. The van der Waals surface area contributed by atoms with Crippen LogP contribution in [0, 0.1) is 0 Å². The number of amides is 3. The van der Waals surface area contributed by atoms with Gasteiger partial charge in [0.25, 0.3) is 5.91 Å². The van der Waals surface area contributed by atoms with Crippen molar-refractivity contribution in [3.63, 3.8) is 0 Å². The topological polar surface area (TPSA) is 67.4 Å². The molecular formula is C17H13BrN2O3. The van der Waals surface area contributed by atoms with E-state index >= 15 is 0 Å². The quantitative estimate of drug-likeness (QED) is 0.639. The Bertz CT molecular complexity index is 767. The third-order valence-corrected chi connectivity index (χ3v) is 3.76. The SMILES string of the molecule is O=C1NC(=O)/C(=C/c2ccc(OCc3ccc(Br)cc3)cc2)N1. The Morgan fingerprint density at radius 1 is 0.957 bits per heavy atom. The van der Waals surface area contributed by atoms with E-state index in [0.717, 1.165) is 21.3 Å². The lowest BCUT2D eigenvalue weighted by Crippen LogP contribution is -2.22. The first-order chi connectivity index (χ1) is 11.1. The molecule has 1 aliphatic rings. The normalized spacial score (nSPS) is 15.4. The minimum atomic E-state index is -0.504. The van der Waals surface area contributed by atoms with E-state index in [2.05, 4.69) is 26.6 Å². The van der Waals surface area contributed by atoms with Crippen molar-refractivity contribution in [2.24, 2.45) is 0 Å². The first-order valence-electron chi connectivity index (χ1n) is 6.91. The molecule has 6 heteroatoms. The number of benzene rings is 2. The highest BCUT2D eigenvalue weighted by molar-refractivity contribution is 9.10. The zero-order chi connectivity index (χ0) is 16.2. The molecule has 116 valence electrons. The van der Waals surface area contributed by atoms with E-state index in [1.54, 1.807) is 6.08 Å². The van der Waals surface area contributed by atoms with E-state index in [-0.39, 0.29) is 5.70 Å². The van der Waals surface area contributed by atoms with Crippen LogP contribution < -0.4 is 15.4 Å². The summed E-state index contributed by atoms with van der Waals surface area (Å²) in [6, 6.07) is 14.7. The van der Waals surface area contributed by atoms with Crippen LogP contribution in [0.4, 0.5) is 4.79 Å². The second-order valence-electron chi connectivity index (χ2n) is 4.95. The van der Waals surface area contributed by atoms with Crippen LogP contribution in [0.3, 0.4) is 0 Å². The lowest BCUT2D eigenvalue weighted by Gasteiger charge is -2.07. The number of halogens is 1. The van der Waals surface area contributed by atoms with Crippen molar-refractivity contribution in [3.8, 4) is 5.75 Å². The first kappa shape index (κ1) is 15.3. The molecule has 0 spiro atoms. The first-order valence-corrected chi connectivity index (χ1v) is 7.71. The number of urea groups is 1. The Balaban J connectivity index is 1.63. The monoisotopic (exact) mass is 372 g/mol. The molecule has 23 heavy (non-hydrogen) atoms. The number of rotatable bonds is 4. The smallest absolute Gasteiger partial charge is 0.326 e. The van der Waals surface area contributed by atoms with Gasteiger partial charge in [-0.1, -0.05) is 40.2 Å². The molecule has 2 aromatic rings. The summed E-state index contributed by atoms with van der Waals surface area (Å²) >= 11 is 3.39. The second-order valence-corrected chi connectivity index (χ2v) is 5.87. The van der Waals surface area contributed by atoms with Gasteiger partial charge in [0.15, 0.2) is 0 Å². The Hall–Kier alpha value is -2.60. The van der Waals surface area contributed by atoms with Crippen molar-refractivity contribution >= 4 is 33.9 Å². The number of imide groups is 1. The predicted molar refractivity (Wildman–Crippen MR) is 89.6 cm³/mol.